The first-order chi connectivity index (χ1) is 8.51. The zero-order valence-corrected chi connectivity index (χ0v) is 12.8. The fourth-order valence-electron chi connectivity index (χ4n) is 1.79. The van der Waals surface area contributed by atoms with Crippen molar-refractivity contribution in [2.45, 2.75) is 11.3 Å². The van der Waals surface area contributed by atoms with Crippen LogP contribution in [0.15, 0.2) is 27.6 Å². The highest BCUT2D eigenvalue weighted by molar-refractivity contribution is 9.10. The molecule has 1 heterocycles. The smallest absolute Gasteiger partial charge is 0.207 e. The number of sulfonamides is 1. The highest BCUT2D eigenvalue weighted by Gasteiger charge is 2.27. The Hall–Kier alpha value is -0.110. The number of hydrogen-bond donors (Lipinski definition) is 0. The molecule has 0 unspecified atom stereocenters. The van der Waals surface area contributed by atoms with Crippen molar-refractivity contribution < 1.29 is 12.8 Å². The fourth-order valence-corrected chi connectivity index (χ4v) is 4.65. The quantitative estimate of drug-likeness (QED) is 0.820. The van der Waals surface area contributed by atoms with E-state index in [4.69, 9.17) is 0 Å². The van der Waals surface area contributed by atoms with E-state index < -0.39 is 15.8 Å². The van der Waals surface area contributed by atoms with Gasteiger partial charge in [-0.15, -0.1) is 0 Å². The van der Waals surface area contributed by atoms with E-state index in [1.54, 1.807) is 17.8 Å². The summed E-state index contributed by atoms with van der Waals surface area (Å²) in [6, 6.07) is 4.04. The average molecular weight is 354 g/mol. The van der Waals surface area contributed by atoms with Gasteiger partial charge in [-0.3, -0.25) is 0 Å². The zero-order valence-electron chi connectivity index (χ0n) is 9.60. The van der Waals surface area contributed by atoms with Crippen LogP contribution in [0.1, 0.15) is 6.42 Å². The van der Waals surface area contributed by atoms with Crippen molar-refractivity contribution in [1.29, 1.82) is 0 Å². The maximum atomic E-state index is 13.8. The van der Waals surface area contributed by atoms with E-state index in [2.05, 4.69) is 15.9 Å². The van der Waals surface area contributed by atoms with Crippen LogP contribution in [0.5, 0.6) is 0 Å². The molecule has 1 aliphatic rings. The second-order valence-electron chi connectivity index (χ2n) is 3.94. The predicted molar refractivity (Wildman–Crippen MR) is 74.8 cm³/mol. The van der Waals surface area contributed by atoms with Crippen molar-refractivity contribution in [3.8, 4) is 0 Å². The minimum atomic E-state index is -3.71. The van der Waals surface area contributed by atoms with Crippen LogP contribution < -0.4 is 0 Å². The summed E-state index contributed by atoms with van der Waals surface area (Å²) >= 11 is 4.85. The predicted octanol–water partition coefficient (Wildman–Crippen LogP) is 2.72. The van der Waals surface area contributed by atoms with E-state index in [1.165, 1.54) is 16.4 Å². The standard InChI is InChI=1S/C11H13BrFNO2S2/c12-9-2-3-11(10(13)8-9)18(15,16)14-4-1-6-17-7-5-14/h2-3,8H,1,4-7H2. The van der Waals surface area contributed by atoms with Crippen LogP contribution in [0.25, 0.3) is 0 Å². The lowest BCUT2D eigenvalue weighted by atomic mass is 10.3. The Morgan fingerprint density at radius 3 is 2.78 bits per heavy atom. The molecule has 1 aliphatic heterocycles. The molecule has 7 heteroatoms. The van der Waals surface area contributed by atoms with Gasteiger partial charge in [0, 0.05) is 23.3 Å². The lowest BCUT2D eigenvalue weighted by Crippen LogP contribution is -2.33. The van der Waals surface area contributed by atoms with Crippen LogP contribution in [-0.2, 0) is 10.0 Å². The van der Waals surface area contributed by atoms with Gasteiger partial charge in [-0.1, -0.05) is 15.9 Å². The van der Waals surface area contributed by atoms with Gasteiger partial charge in [0.1, 0.15) is 10.7 Å². The lowest BCUT2D eigenvalue weighted by molar-refractivity contribution is 0.430. The normalized spacial score (nSPS) is 18.6. The third-order valence-electron chi connectivity index (χ3n) is 2.69. The second-order valence-corrected chi connectivity index (χ2v) is 7.99. The van der Waals surface area contributed by atoms with E-state index in [9.17, 15) is 12.8 Å². The molecule has 1 aromatic carbocycles. The molecule has 1 fully saturated rings. The summed E-state index contributed by atoms with van der Waals surface area (Å²) < 4.78 is 40.3. The maximum absolute atomic E-state index is 13.8. The van der Waals surface area contributed by atoms with Gasteiger partial charge < -0.3 is 0 Å². The van der Waals surface area contributed by atoms with Crippen molar-refractivity contribution in [3.05, 3.63) is 28.5 Å². The van der Waals surface area contributed by atoms with Crippen molar-refractivity contribution in [3.63, 3.8) is 0 Å². The molecule has 0 aromatic heterocycles. The largest absolute Gasteiger partial charge is 0.246 e. The molecule has 2 rings (SSSR count). The molecule has 100 valence electrons. The molecule has 0 amide bonds. The van der Waals surface area contributed by atoms with Gasteiger partial charge in [0.05, 0.1) is 0 Å². The van der Waals surface area contributed by atoms with Gasteiger partial charge in [0.2, 0.25) is 10.0 Å². The Morgan fingerprint density at radius 1 is 1.28 bits per heavy atom. The molecular weight excluding hydrogens is 341 g/mol. The minimum absolute atomic E-state index is 0.238. The first kappa shape index (κ1) is 14.3. The van der Waals surface area contributed by atoms with Gasteiger partial charge in [-0.2, -0.15) is 16.1 Å². The van der Waals surface area contributed by atoms with E-state index in [1.807, 2.05) is 0 Å². The number of nitrogens with zero attached hydrogens (tertiary/aromatic N) is 1. The van der Waals surface area contributed by atoms with Gasteiger partial charge in [-0.05, 0) is 30.4 Å². The third-order valence-corrected chi connectivity index (χ3v) is 6.17. The lowest BCUT2D eigenvalue weighted by Gasteiger charge is -2.19. The summed E-state index contributed by atoms with van der Waals surface area (Å²) in [5.74, 6) is 1.01. The molecule has 0 bridgehead atoms. The van der Waals surface area contributed by atoms with E-state index in [0.717, 1.165) is 17.9 Å². The highest BCUT2D eigenvalue weighted by atomic mass is 79.9. The van der Waals surface area contributed by atoms with Crippen LogP contribution in [-0.4, -0.2) is 37.3 Å². The highest BCUT2D eigenvalue weighted by Crippen LogP contribution is 2.24. The van der Waals surface area contributed by atoms with E-state index in [-0.39, 0.29) is 4.90 Å². The Kier molecular flexibility index (Phi) is 4.69. The van der Waals surface area contributed by atoms with Crippen LogP contribution >= 0.6 is 27.7 Å². The Balaban J connectivity index is 2.34. The molecule has 0 N–H and O–H groups in total. The Labute approximate surface area is 119 Å². The van der Waals surface area contributed by atoms with Gasteiger partial charge in [-0.25, -0.2) is 12.8 Å². The molecule has 1 saturated heterocycles. The van der Waals surface area contributed by atoms with Gasteiger partial charge >= 0.3 is 0 Å². The molecule has 0 atom stereocenters. The molecule has 1 aromatic rings. The fraction of sp³-hybridized carbons (Fsp3) is 0.455. The third kappa shape index (κ3) is 3.07. The van der Waals surface area contributed by atoms with Gasteiger partial charge in [0.25, 0.3) is 0 Å². The van der Waals surface area contributed by atoms with Crippen LogP contribution in [0, 0.1) is 5.82 Å². The monoisotopic (exact) mass is 353 g/mol. The first-order valence-corrected chi connectivity index (χ1v) is 8.93. The molecule has 0 aliphatic carbocycles. The van der Waals surface area contributed by atoms with Gasteiger partial charge in [0.15, 0.2) is 0 Å². The summed E-state index contributed by atoms with van der Waals surface area (Å²) in [6.45, 7) is 0.910. The number of benzene rings is 1. The summed E-state index contributed by atoms with van der Waals surface area (Å²) in [5, 5.41) is 0. The zero-order chi connectivity index (χ0) is 13.2. The van der Waals surface area contributed by atoms with Crippen molar-refractivity contribution in [2.75, 3.05) is 24.6 Å². The van der Waals surface area contributed by atoms with Crippen molar-refractivity contribution in [2.24, 2.45) is 0 Å². The number of halogens is 2. The van der Waals surface area contributed by atoms with E-state index in [0.29, 0.717) is 17.6 Å². The first-order valence-electron chi connectivity index (χ1n) is 5.55. The van der Waals surface area contributed by atoms with Crippen LogP contribution in [0.4, 0.5) is 4.39 Å². The minimum Gasteiger partial charge on any atom is -0.207 e. The average Bonchev–Trinajstić information content (AvgIpc) is 2.57. The number of hydrogen-bond acceptors (Lipinski definition) is 3. The summed E-state index contributed by atoms with van der Waals surface area (Å²) in [5.41, 5.74) is 0. The Morgan fingerprint density at radius 2 is 2.06 bits per heavy atom. The van der Waals surface area contributed by atoms with Crippen molar-refractivity contribution >= 4 is 37.7 Å². The Bertz CT molecular complexity index is 528. The summed E-state index contributed by atoms with van der Waals surface area (Å²) in [7, 11) is -3.71. The second kappa shape index (κ2) is 5.90. The molecule has 3 nitrogen and oxygen atoms in total. The van der Waals surface area contributed by atoms with Crippen molar-refractivity contribution in [1.82, 2.24) is 4.31 Å². The molecular formula is C11H13BrFNO2S2. The summed E-state index contributed by atoms with van der Waals surface area (Å²) in [4.78, 5) is -0.238. The topological polar surface area (TPSA) is 37.4 Å². The molecule has 0 spiro atoms. The van der Waals surface area contributed by atoms with Crippen LogP contribution in [0.3, 0.4) is 0 Å². The molecule has 0 radical (unpaired) electrons. The van der Waals surface area contributed by atoms with E-state index >= 15 is 0 Å². The SMILES string of the molecule is O=S(=O)(c1ccc(Br)cc1F)N1CCCSCC1. The van der Waals surface area contributed by atoms with Crippen LogP contribution in [0.2, 0.25) is 0 Å². The maximum Gasteiger partial charge on any atom is 0.246 e. The molecule has 0 saturated carbocycles. The number of rotatable bonds is 2. The number of thioether (sulfide) groups is 1. The summed E-state index contributed by atoms with van der Waals surface area (Å²) in [6.07, 6.45) is 0.808. The molecule has 18 heavy (non-hydrogen) atoms.